The number of aromatic nitrogens is 2. The summed E-state index contributed by atoms with van der Waals surface area (Å²) in [5, 5.41) is 11.7. The van der Waals surface area contributed by atoms with E-state index in [1.165, 1.54) is 7.11 Å². The molecular weight excluding hydrogens is 238 g/mol. The zero-order valence-electron chi connectivity index (χ0n) is 10.6. The second-order valence-corrected chi connectivity index (χ2v) is 3.52. The van der Waals surface area contributed by atoms with Crippen LogP contribution in [0, 0.1) is 6.92 Å². The number of nitrogens with one attached hydrogen (secondary N) is 1. The third kappa shape index (κ3) is 4.17. The first-order valence-corrected chi connectivity index (χ1v) is 5.54. The maximum Gasteiger partial charge on any atom is 0.334 e. The molecule has 7 nitrogen and oxygen atoms in total. The van der Waals surface area contributed by atoms with Crippen LogP contribution >= 0.6 is 0 Å². The predicted octanol–water partition coefficient (Wildman–Crippen LogP) is 0.695. The van der Waals surface area contributed by atoms with Gasteiger partial charge in [-0.25, -0.2) is 9.78 Å². The van der Waals surface area contributed by atoms with Gasteiger partial charge in [-0.3, -0.25) is 0 Å². The van der Waals surface area contributed by atoms with E-state index in [4.69, 9.17) is 14.6 Å². The lowest BCUT2D eigenvalue weighted by atomic mass is 10.3. The first-order chi connectivity index (χ1) is 8.56. The molecule has 1 atom stereocenters. The quantitative estimate of drug-likeness (QED) is 0.740. The summed E-state index contributed by atoms with van der Waals surface area (Å²) in [7, 11) is 1.34. The highest BCUT2D eigenvalue weighted by atomic mass is 16.5. The fourth-order valence-electron chi connectivity index (χ4n) is 1.32. The van der Waals surface area contributed by atoms with Gasteiger partial charge in [-0.1, -0.05) is 0 Å². The number of hydrogen-bond acceptors (Lipinski definition) is 6. The Hall–Kier alpha value is -1.89. The summed E-state index contributed by atoms with van der Waals surface area (Å²) in [6.07, 6.45) is -0.921. The molecule has 100 valence electrons. The third-order valence-electron chi connectivity index (χ3n) is 2.14. The molecule has 0 aliphatic carbocycles. The smallest absolute Gasteiger partial charge is 0.334 e. The van der Waals surface area contributed by atoms with Crippen molar-refractivity contribution in [1.82, 2.24) is 9.97 Å². The number of hydrogen-bond donors (Lipinski definition) is 2. The summed E-state index contributed by atoms with van der Waals surface area (Å²) in [6, 6.07) is 1.62. The molecule has 18 heavy (non-hydrogen) atoms. The molecule has 1 aromatic rings. The van der Waals surface area contributed by atoms with E-state index >= 15 is 0 Å². The summed E-state index contributed by atoms with van der Waals surface area (Å²) in [4.78, 5) is 19.0. The van der Waals surface area contributed by atoms with Crippen molar-refractivity contribution in [3.8, 4) is 5.88 Å². The van der Waals surface area contributed by atoms with E-state index < -0.39 is 12.1 Å². The highest BCUT2D eigenvalue weighted by Gasteiger charge is 2.16. The lowest BCUT2D eigenvalue weighted by Crippen LogP contribution is -2.30. The molecule has 0 aliphatic heterocycles. The second-order valence-electron chi connectivity index (χ2n) is 3.52. The molecule has 1 aromatic heterocycles. The molecule has 0 amide bonds. The number of nitrogens with zero attached hydrogens (tertiary/aromatic N) is 2. The summed E-state index contributed by atoms with van der Waals surface area (Å²) >= 11 is 0. The van der Waals surface area contributed by atoms with Gasteiger partial charge in [0.1, 0.15) is 11.6 Å². The number of carboxylic acids is 1. The van der Waals surface area contributed by atoms with Crippen molar-refractivity contribution in [2.24, 2.45) is 0 Å². The maximum atomic E-state index is 10.8. The lowest BCUT2D eigenvalue weighted by Gasteiger charge is -2.12. The minimum atomic E-state index is -1.03. The molecule has 0 aromatic carbocycles. The van der Waals surface area contributed by atoms with Gasteiger partial charge >= 0.3 is 5.97 Å². The van der Waals surface area contributed by atoms with Crippen LogP contribution in [0.25, 0.3) is 0 Å². The summed E-state index contributed by atoms with van der Waals surface area (Å²) in [6.45, 7) is 4.22. The molecule has 0 aliphatic rings. The predicted molar refractivity (Wildman–Crippen MR) is 64.9 cm³/mol. The lowest BCUT2D eigenvalue weighted by molar-refractivity contribution is -0.147. The van der Waals surface area contributed by atoms with E-state index in [1.807, 2.05) is 6.92 Å². The zero-order valence-corrected chi connectivity index (χ0v) is 10.6. The number of aliphatic carboxylic acids is 1. The molecule has 0 saturated heterocycles. The minimum Gasteiger partial charge on any atom is -0.479 e. The summed E-state index contributed by atoms with van der Waals surface area (Å²) < 4.78 is 10.1. The normalized spacial score (nSPS) is 11.9. The van der Waals surface area contributed by atoms with Crippen molar-refractivity contribution in [3.05, 3.63) is 11.9 Å². The van der Waals surface area contributed by atoms with Gasteiger partial charge in [-0.2, -0.15) is 4.98 Å². The molecular formula is C11H17N3O4. The fraction of sp³-hybridized carbons (Fsp3) is 0.545. The fourth-order valence-corrected chi connectivity index (χ4v) is 1.32. The van der Waals surface area contributed by atoms with Crippen molar-refractivity contribution >= 4 is 11.8 Å². The zero-order chi connectivity index (χ0) is 13.5. The Morgan fingerprint density at radius 1 is 1.56 bits per heavy atom. The van der Waals surface area contributed by atoms with Gasteiger partial charge in [0.2, 0.25) is 5.88 Å². The Morgan fingerprint density at radius 2 is 2.28 bits per heavy atom. The van der Waals surface area contributed by atoms with Crippen LogP contribution in [0.3, 0.4) is 0 Å². The van der Waals surface area contributed by atoms with Crippen LogP contribution in [-0.2, 0) is 9.53 Å². The van der Waals surface area contributed by atoms with E-state index in [2.05, 4.69) is 15.3 Å². The maximum absolute atomic E-state index is 10.8. The van der Waals surface area contributed by atoms with Gasteiger partial charge in [0.05, 0.1) is 13.2 Å². The minimum absolute atomic E-state index is 0.119. The van der Waals surface area contributed by atoms with Gasteiger partial charge < -0.3 is 19.9 Å². The van der Waals surface area contributed by atoms with Gasteiger partial charge in [0.15, 0.2) is 6.10 Å². The van der Waals surface area contributed by atoms with Crippen LogP contribution < -0.4 is 10.1 Å². The Kier molecular flexibility index (Phi) is 5.31. The van der Waals surface area contributed by atoms with E-state index in [-0.39, 0.29) is 6.54 Å². The SMILES string of the molecule is CCOc1cc(NCC(OC)C(=O)O)nc(C)n1. The van der Waals surface area contributed by atoms with Crippen LogP contribution in [0.2, 0.25) is 0 Å². The number of anilines is 1. The number of ether oxygens (including phenoxy) is 2. The van der Waals surface area contributed by atoms with Gasteiger partial charge in [-0.15, -0.1) is 0 Å². The summed E-state index contributed by atoms with van der Waals surface area (Å²) in [5.41, 5.74) is 0. The second kappa shape index (κ2) is 6.75. The van der Waals surface area contributed by atoms with Crippen LogP contribution in [0.15, 0.2) is 6.07 Å². The topological polar surface area (TPSA) is 93.6 Å². The average molecular weight is 255 g/mol. The Bertz CT molecular complexity index is 411. The van der Waals surface area contributed by atoms with Gasteiger partial charge in [-0.05, 0) is 13.8 Å². The van der Waals surface area contributed by atoms with Crippen molar-refractivity contribution in [3.63, 3.8) is 0 Å². The van der Waals surface area contributed by atoms with Gasteiger partial charge in [0, 0.05) is 13.2 Å². The van der Waals surface area contributed by atoms with E-state index in [0.29, 0.717) is 24.1 Å². The Balaban J connectivity index is 2.69. The number of methoxy groups -OCH3 is 1. The van der Waals surface area contributed by atoms with Crippen molar-refractivity contribution in [2.45, 2.75) is 20.0 Å². The standard InChI is InChI=1S/C11H17N3O4/c1-4-18-10-5-9(13-7(2)14-10)12-6-8(17-3)11(15)16/h5,8H,4,6H2,1-3H3,(H,15,16)(H,12,13,14). The number of carboxylic acid groups (broad SMARTS) is 1. The van der Waals surface area contributed by atoms with Crippen molar-refractivity contribution < 1.29 is 19.4 Å². The molecule has 2 N–H and O–H groups in total. The monoisotopic (exact) mass is 255 g/mol. The largest absolute Gasteiger partial charge is 0.479 e. The highest BCUT2D eigenvalue weighted by Crippen LogP contribution is 2.13. The van der Waals surface area contributed by atoms with Crippen LogP contribution in [0.4, 0.5) is 5.82 Å². The average Bonchev–Trinajstić information content (AvgIpc) is 2.29. The number of rotatable bonds is 7. The molecule has 1 rings (SSSR count). The molecule has 0 radical (unpaired) electrons. The van der Waals surface area contributed by atoms with Crippen LogP contribution in [0.5, 0.6) is 5.88 Å². The third-order valence-corrected chi connectivity index (χ3v) is 2.14. The molecule has 0 spiro atoms. The van der Waals surface area contributed by atoms with Crippen molar-refractivity contribution in [2.75, 3.05) is 25.6 Å². The Labute approximate surface area is 105 Å². The molecule has 1 unspecified atom stereocenters. The van der Waals surface area contributed by atoms with E-state index in [0.717, 1.165) is 0 Å². The highest BCUT2D eigenvalue weighted by molar-refractivity contribution is 5.73. The first kappa shape index (κ1) is 14.2. The van der Waals surface area contributed by atoms with Gasteiger partial charge in [0.25, 0.3) is 0 Å². The van der Waals surface area contributed by atoms with Crippen LogP contribution in [0.1, 0.15) is 12.7 Å². The van der Waals surface area contributed by atoms with Crippen molar-refractivity contribution in [1.29, 1.82) is 0 Å². The molecule has 1 heterocycles. The number of carbonyl (C=O) groups is 1. The first-order valence-electron chi connectivity index (χ1n) is 5.54. The molecule has 0 saturated carbocycles. The molecule has 7 heteroatoms. The molecule has 0 fully saturated rings. The molecule has 0 bridgehead atoms. The van der Waals surface area contributed by atoms with E-state index in [9.17, 15) is 4.79 Å². The van der Waals surface area contributed by atoms with E-state index in [1.54, 1.807) is 13.0 Å². The number of aryl methyl sites for hydroxylation is 1. The van der Waals surface area contributed by atoms with Crippen LogP contribution in [-0.4, -0.2) is 47.4 Å². The summed E-state index contributed by atoms with van der Waals surface area (Å²) in [5.74, 6) is 0.486. The Morgan fingerprint density at radius 3 is 2.83 bits per heavy atom.